The van der Waals surface area contributed by atoms with E-state index in [1.807, 2.05) is 17.5 Å². The second-order valence-corrected chi connectivity index (χ2v) is 5.01. The van der Waals surface area contributed by atoms with Gasteiger partial charge < -0.3 is 9.84 Å². The molecule has 0 spiro atoms. The molecule has 1 aromatic heterocycles. The highest BCUT2D eigenvalue weighted by atomic mass is 32.1. The Bertz CT molecular complexity index is 664. The Hall–Kier alpha value is -2.33. The van der Waals surface area contributed by atoms with E-state index in [2.05, 4.69) is 0 Å². The van der Waals surface area contributed by atoms with Gasteiger partial charge in [0.15, 0.2) is 0 Å². The second kappa shape index (κ2) is 4.74. The minimum absolute atomic E-state index is 0.200. The lowest BCUT2D eigenvalue weighted by Gasteiger charge is -1.96. The molecular formula is C15H10O3S. The lowest BCUT2D eigenvalue weighted by atomic mass is 10.1. The number of cyclic esters (lactones) is 1. The molecule has 1 aliphatic heterocycles. The van der Waals surface area contributed by atoms with Crippen LogP contribution in [0, 0.1) is 0 Å². The zero-order valence-corrected chi connectivity index (χ0v) is 10.7. The van der Waals surface area contributed by atoms with Gasteiger partial charge in [-0.15, -0.1) is 11.3 Å². The zero-order valence-electron chi connectivity index (χ0n) is 9.87. The maximum Gasteiger partial charge on any atom is 0.343 e. The number of rotatable bonds is 2. The van der Waals surface area contributed by atoms with Crippen molar-refractivity contribution in [1.82, 2.24) is 0 Å². The summed E-state index contributed by atoms with van der Waals surface area (Å²) in [6.45, 7) is 0. The molecule has 0 bridgehead atoms. The van der Waals surface area contributed by atoms with Crippen molar-refractivity contribution in [2.45, 2.75) is 0 Å². The molecule has 0 atom stereocenters. The highest BCUT2D eigenvalue weighted by Crippen LogP contribution is 2.30. The molecule has 2 heterocycles. The van der Waals surface area contributed by atoms with Crippen LogP contribution in [0.15, 0.2) is 53.4 Å². The van der Waals surface area contributed by atoms with Crippen LogP contribution in [-0.2, 0) is 9.53 Å². The number of aromatic hydroxyl groups is 1. The van der Waals surface area contributed by atoms with E-state index in [1.165, 1.54) is 11.3 Å². The molecule has 0 radical (unpaired) electrons. The maximum atomic E-state index is 11.8. The van der Waals surface area contributed by atoms with Crippen LogP contribution in [0.5, 0.6) is 5.75 Å². The van der Waals surface area contributed by atoms with Crippen LogP contribution in [0.25, 0.3) is 11.8 Å². The molecule has 4 heteroatoms. The molecule has 3 nitrogen and oxygen atoms in total. The van der Waals surface area contributed by atoms with Gasteiger partial charge >= 0.3 is 5.97 Å². The standard InChI is InChI=1S/C15H10O3S/c16-12-5-3-10(4-6-12)8-11-9-13(18-15(11)17)14-2-1-7-19-14/h1-9,16H/b11-8+. The van der Waals surface area contributed by atoms with E-state index in [0.29, 0.717) is 11.3 Å². The summed E-state index contributed by atoms with van der Waals surface area (Å²) < 4.78 is 5.23. The normalized spacial score (nSPS) is 16.5. The van der Waals surface area contributed by atoms with Crippen LogP contribution >= 0.6 is 11.3 Å². The largest absolute Gasteiger partial charge is 0.508 e. The predicted molar refractivity (Wildman–Crippen MR) is 74.5 cm³/mol. The number of thiophene rings is 1. The number of carbonyl (C=O) groups excluding carboxylic acids is 1. The Morgan fingerprint density at radius 3 is 2.63 bits per heavy atom. The molecule has 2 aromatic rings. The van der Waals surface area contributed by atoms with Gasteiger partial charge in [-0.2, -0.15) is 0 Å². The van der Waals surface area contributed by atoms with Crippen molar-refractivity contribution in [1.29, 1.82) is 0 Å². The number of hydrogen-bond acceptors (Lipinski definition) is 4. The van der Waals surface area contributed by atoms with Gasteiger partial charge in [-0.25, -0.2) is 4.79 Å². The summed E-state index contributed by atoms with van der Waals surface area (Å²) in [6, 6.07) is 10.5. The van der Waals surface area contributed by atoms with Crippen molar-refractivity contribution < 1.29 is 14.6 Å². The first-order valence-corrected chi connectivity index (χ1v) is 6.59. The monoisotopic (exact) mass is 270 g/mol. The molecule has 1 aliphatic rings. The quantitative estimate of drug-likeness (QED) is 0.671. The van der Waals surface area contributed by atoms with Gasteiger partial charge in [0.2, 0.25) is 0 Å². The average Bonchev–Trinajstić information content (AvgIpc) is 3.03. The van der Waals surface area contributed by atoms with Gasteiger partial charge in [0.1, 0.15) is 11.5 Å². The molecule has 19 heavy (non-hydrogen) atoms. The molecule has 0 amide bonds. The van der Waals surface area contributed by atoms with Gasteiger partial charge in [0.05, 0.1) is 10.5 Å². The number of carbonyl (C=O) groups is 1. The van der Waals surface area contributed by atoms with Crippen molar-refractivity contribution >= 4 is 29.1 Å². The Morgan fingerprint density at radius 1 is 1.16 bits per heavy atom. The average molecular weight is 270 g/mol. The third-order valence-corrected chi connectivity index (χ3v) is 3.59. The molecule has 1 aromatic carbocycles. The van der Waals surface area contributed by atoms with E-state index >= 15 is 0 Å². The van der Waals surface area contributed by atoms with Crippen molar-refractivity contribution in [3.63, 3.8) is 0 Å². The van der Waals surface area contributed by atoms with Gasteiger partial charge in [-0.1, -0.05) is 18.2 Å². The van der Waals surface area contributed by atoms with E-state index < -0.39 is 0 Å². The van der Waals surface area contributed by atoms with Crippen LogP contribution in [-0.4, -0.2) is 11.1 Å². The van der Waals surface area contributed by atoms with Crippen molar-refractivity contribution in [2.75, 3.05) is 0 Å². The first-order valence-electron chi connectivity index (χ1n) is 5.71. The van der Waals surface area contributed by atoms with E-state index in [4.69, 9.17) is 4.74 Å². The van der Waals surface area contributed by atoms with E-state index in [-0.39, 0.29) is 11.7 Å². The molecule has 0 aliphatic carbocycles. The maximum absolute atomic E-state index is 11.8. The summed E-state index contributed by atoms with van der Waals surface area (Å²) in [7, 11) is 0. The van der Waals surface area contributed by atoms with Crippen molar-refractivity contribution in [3.8, 4) is 5.75 Å². The van der Waals surface area contributed by atoms with Gasteiger partial charge in [0, 0.05) is 0 Å². The smallest absolute Gasteiger partial charge is 0.343 e. The fraction of sp³-hybridized carbons (Fsp3) is 0. The van der Waals surface area contributed by atoms with E-state index in [9.17, 15) is 9.90 Å². The third kappa shape index (κ3) is 2.44. The minimum atomic E-state index is -0.350. The molecule has 3 rings (SSSR count). The van der Waals surface area contributed by atoms with Gasteiger partial charge in [-0.3, -0.25) is 0 Å². The number of hydrogen-bond donors (Lipinski definition) is 1. The summed E-state index contributed by atoms with van der Waals surface area (Å²) in [5.41, 5.74) is 1.35. The minimum Gasteiger partial charge on any atom is -0.508 e. The lowest BCUT2D eigenvalue weighted by molar-refractivity contribution is -0.130. The third-order valence-electron chi connectivity index (χ3n) is 2.70. The molecule has 0 unspecified atom stereocenters. The predicted octanol–water partition coefficient (Wildman–Crippen LogP) is 3.44. The summed E-state index contributed by atoms with van der Waals surface area (Å²) in [4.78, 5) is 12.7. The number of phenolic OH excluding ortho intramolecular Hbond substituents is 1. The first kappa shape index (κ1) is 11.7. The van der Waals surface area contributed by atoms with Crippen LogP contribution < -0.4 is 0 Å². The highest BCUT2D eigenvalue weighted by Gasteiger charge is 2.22. The first-order chi connectivity index (χ1) is 9.22. The zero-order chi connectivity index (χ0) is 13.2. The number of ether oxygens (including phenoxy) is 1. The molecule has 0 fully saturated rings. The molecule has 1 N–H and O–H groups in total. The number of esters is 1. The van der Waals surface area contributed by atoms with Crippen LogP contribution in [0.2, 0.25) is 0 Å². The highest BCUT2D eigenvalue weighted by molar-refractivity contribution is 7.11. The van der Waals surface area contributed by atoms with Gasteiger partial charge in [0.25, 0.3) is 0 Å². The molecule has 0 saturated carbocycles. The topological polar surface area (TPSA) is 46.5 Å². The van der Waals surface area contributed by atoms with E-state index in [0.717, 1.165) is 10.4 Å². The lowest BCUT2D eigenvalue weighted by Crippen LogP contribution is -1.96. The van der Waals surface area contributed by atoms with Crippen LogP contribution in [0.4, 0.5) is 0 Å². The Balaban J connectivity index is 1.92. The summed E-state index contributed by atoms with van der Waals surface area (Å²) >= 11 is 1.53. The van der Waals surface area contributed by atoms with Crippen molar-refractivity contribution in [3.05, 3.63) is 63.9 Å². The van der Waals surface area contributed by atoms with Crippen molar-refractivity contribution in [2.24, 2.45) is 0 Å². The van der Waals surface area contributed by atoms with Crippen LogP contribution in [0.3, 0.4) is 0 Å². The fourth-order valence-corrected chi connectivity index (χ4v) is 2.46. The Labute approximate surface area is 114 Å². The summed E-state index contributed by atoms with van der Waals surface area (Å²) in [5.74, 6) is 0.437. The Kier molecular flexibility index (Phi) is 2.93. The summed E-state index contributed by atoms with van der Waals surface area (Å²) in [5, 5.41) is 11.1. The van der Waals surface area contributed by atoms with Crippen LogP contribution in [0.1, 0.15) is 10.4 Å². The van der Waals surface area contributed by atoms with Gasteiger partial charge in [-0.05, 0) is 41.3 Å². The molecular weight excluding hydrogens is 260 g/mol. The van der Waals surface area contributed by atoms with E-state index in [1.54, 1.807) is 36.4 Å². The summed E-state index contributed by atoms with van der Waals surface area (Å²) in [6.07, 6.45) is 3.48. The molecule has 94 valence electrons. The fourth-order valence-electron chi connectivity index (χ4n) is 1.78. The Morgan fingerprint density at radius 2 is 1.95 bits per heavy atom. The molecule has 0 saturated heterocycles. The number of benzene rings is 1. The second-order valence-electron chi connectivity index (χ2n) is 4.07. The number of phenols is 1. The SMILES string of the molecule is O=C1OC(c2cccs2)=C/C1=C\c1ccc(O)cc1.